The summed E-state index contributed by atoms with van der Waals surface area (Å²) < 4.78 is 9.46. The molecule has 1 aliphatic rings. The highest BCUT2D eigenvalue weighted by Gasteiger charge is 2.30. The second-order valence-corrected chi connectivity index (χ2v) is 6.04. The topological polar surface area (TPSA) is 58.6 Å². The quantitative estimate of drug-likeness (QED) is 0.808. The maximum atomic E-state index is 12.7. The van der Waals surface area contributed by atoms with E-state index in [1.165, 1.54) is 11.5 Å². The summed E-state index contributed by atoms with van der Waals surface area (Å²) in [7, 11) is 4.02. The third-order valence-electron chi connectivity index (χ3n) is 3.30. The van der Waals surface area contributed by atoms with Gasteiger partial charge in [0.25, 0.3) is 5.91 Å². The van der Waals surface area contributed by atoms with Crippen LogP contribution in [0, 0.1) is 0 Å². The van der Waals surface area contributed by atoms with Crippen LogP contribution in [0.4, 0.5) is 0 Å². The van der Waals surface area contributed by atoms with Crippen molar-refractivity contribution in [2.75, 3.05) is 40.4 Å². The maximum Gasteiger partial charge on any atom is 0.267 e. The molecule has 1 saturated heterocycles. The molecule has 1 aromatic rings. The van der Waals surface area contributed by atoms with E-state index in [2.05, 4.69) is 21.4 Å². The summed E-state index contributed by atoms with van der Waals surface area (Å²) in [5, 5.41) is 4.09. The Labute approximate surface area is 123 Å². The molecule has 0 bridgehead atoms. The summed E-state index contributed by atoms with van der Waals surface area (Å²) in [6, 6.07) is 0.0998. The third-order valence-corrected chi connectivity index (χ3v) is 4.06. The SMILES string of the molecule is CCCc1nnsc1C(=O)N1CCOCC1CN(C)C. The van der Waals surface area contributed by atoms with Gasteiger partial charge in [0.05, 0.1) is 24.9 Å². The Morgan fingerprint density at radius 3 is 3.05 bits per heavy atom. The van der Waals surface area contributed by atoms with Crippen LogP contribution in [-0.2, 0) is 11.2 Å². The molecule has 0 aliphatic carbocycles. The highest BCUT2D eigenvalue weighted by Crippen LogP contribution is 2.19. The van der Waals surface area contributed by atoms with E-state index in [4.69, 9.17) is 4.74 Å². The largest absolute Gasteiger partial charge is 0.377 e. The van der Waals surface area contributed by atoms with Gasteiger partial charge in [-0.3, -0.25) is 4.79 Å². The zero-order valence-corrected chi connectivity index (χ0v) is 13.2. The van der Waals surface area contributed by atoms with Crippen LogP contribution >= 0.6 is 11.5 Å². The Balaban J connectivity index is 2.14. The number of ether oxygens (including phenoxy) is 1. The summed E-state index contributed by atoms with van der Waals surface area (Å²) in [4.78, 5) is 17.4. The molecule has 2 heterocycles. The van der Waals surface area contributed by atoms with Crippen LogP contribution in [0.3, 0.4) is 0 Å². The van der Waals surface area contributed by atoms with E-state index in [1.807, 2.05) is 19.0 Å². The Kier molecular flexibility index (Phi) is 5.45. The van der Waals surface area contributed by atoms with Crippen molar-refractivity contribution in [3.63, 3.8) is 0 Å². The predicted octanol–water partition coefficient (Wildman–Crippen LogP) is 0.893. The van der Waals surface area contributed by atoms with E-state index in [0.29, 0.717) is 24.6 Å². The van der Waals surface area contributed by atoms with Crippen molar-refractivity contribution in [2.45, 2.75) is 25.8 Å². The molecule has 0 radical (unpaired) electrons. The van der Waals surface area contributed by atoms with Crippen LogP contribution in [-0.4, -0.2) is 71.7 Å². The molecule has 2 rings (SSSR count). The van der Waals surface area contributed by atoms with Crippen LogP contribution in [0.2, 0.25) is 0 Å². The van der Waals surface area contributed by atoms with Crippen molar-refractivity contribution in [3.8, 4) is 0 Å². The molecule has 0 aromatic carbocycles. The highest BCUT2D eigenvalue weighted by atomic mass is 32.1. The number of aryl methyl sites for hydroxylation is 1. The van der Waals surface area contributed by atoms with Gasteiger partial charge in [-0.15, -0.1) is 5.10 Å². The molecular weight excluding hydrogens is 276 g/mol. The van der Waals surface area contributed by atoms with Gasteiger partial charge in [-0.05, 0) is 32.0 Å². The Bertz CT molecular complexity index is 449. The maximum absolute atomic E-state index is 12.7. The van der Waals surface area contributed by atoms with Crippen molar-refractivity contribution in [1.82, 2.24) is 19.4 Å². The lowest BCUT2D eigenvalue weighted by atomic mass is 10.1. The van der Waals surface area contributed by atoms with Gasteiger partial charge in [0.1, 0.15) is 4.88 Å². The summed E-state index contributed by atoms with van der Waals surface area (Å²) in [6.45, 7) is 4.73. The first-order chi connectivity index (χ1) is 9.63. The average molecular weight is 298 g/mol. The molecule has 1 aromatic heterocycles. The van der Waals surface area contributed by atoms with Crippen LogP contribution in [0.25, 0.3) is 0 Å². The fourth-order valence-electron chi connectivity index (χ4n) is 2.40. The molecule has 7 heteroatoms. The molecule has 1 aliphatic heterocycles. The lowest BCUT2D eigenvalue weighted by molar-refractivity contribution is -0.00812. The lowest BCUT2D eigenvalue weighted by Gasteiger charge is -2.36. The highest BCUT2D eigenvalue weighted by molar-refractivity contribution is 7.08. The second-order valence-electron chi connectivity index (χ2n) is 5.29. The van der Waals surface area contributed by atoms with Crippen molar-refractivity contribution >= 4 is 17.4 Å². The standard InChI is InChI=1S/C13H22N4O2S/c1-4-5-11-12(20-15-14-11)13(18)17-6-7-19-9-10(17)8-16(2)3/h10H,4-9H2,1-3H3. The fraction of sp³-hybridized carbons (Fsp3) is 0.769. The number of hydrogen-bond acceptors (Lipinski definition) is 6. The molecule has 0 saturated carbocycles. The van der Waals surface area contributed by atoms with Crippen molar-refractivity contribution < 1.29 is 9.53 Å². The van der Waals surface area contributed by atoms with E-state index in [1.54, 1.807) is 0 Å². The van der Waals surface area contributed by atoms with E-state index in [-0.39, 0.29) is 11.9 Å². The summed E-state index contributed by atoms with van der Waals surface area (Å²) >= 11 is 1.21. The van der Waals surface area contributed by atoms with E-state index in [0.717, 1.165) is 25.1 Å². The second kappa shape index (κ2) is 7.10. The number of rotatable bonds is 5. The smallest absolute Gasteiger partial charge is 0.267 e. The molecule has 112 valence electrons. The van der Waals surface area contributed by atoms with Gasteiger partial charge in [0.2, 0.25) is 0 Å². The minimum Gasteiger partial charge on any atom is -0.377 e. The summed E-state index contributed by atoms with van der Waals surface area (Å²) in [5.74, 6) is 0.0543. The third kappa shape index (κ3) is 3.53. The van der Waals surface area contributed by atoms with Crippen LogP contribution in [0.5, 0.6) is 0 Å². The van der Waals surface area contributed by atoms with Crippen LogP contribution < -0.4 is 0 Å². The summed E-state index contributed by atoms with van der Waals surface area (Å²) in [5.41, 5.74) is 0.831. The number of likely N-dealkylation sites (N-methyl/N-ethyl adjacent to an activating group) is 1. The number of carbonyl (C=O) groups is 1. The van der Waals surface area contributed by atoms with Gasteiger partial charge >= 0.3 is 0 Å². The molecule has 1 fully saturated rings. The Morgan fingerprint density at radius 2 is 2.35 bits per heavy atom. The molecule has 6 nitrogen and oxygen atoms in total. The van der Waals surface area contributed by atoms with Crippen molar-refractivity contribution in [3.05, 3.63) is 10.6 Å². The van der Waals surface area contributed by atoms with E-state index in [9.17, 15) is 4.79 Å². The van der Waals surface area contributed by atoms with E-state index < -0.39 is 0 Å². The number of carbonyl (C=O) groups excluding carboxylic acids is 1. The summed E-state index contributed by atoms with van der Waals surface area (Å²) in [6.07, 6.45) is 1.77. The molecule has 0 spiro atoms. The van der Waals surface area contributed by atoms with Gasteiger partial charge in [0, 0.05) is 13.1 Å². The van der Waals surface area contributed by atoms with Crippen molar-refractivity contribution in [1.29, 1.82) is 0 Å². The van der Waals surface area contributed by atoms with Gasteiger partial charge < -0.3 is 14.5 Å². The molecule has 20 heavy (non-hydrogen) atoms. The van der Waals surface area contributed by atoms with E-state index >= 15 is 0 Å². The Hall–Kier alpha value is -1.05. The average Bonchev–Trinajstić information content (AvgIpc) is 2.86. The number of nitrogens with zero attached hydrogens (tertiary/aromatic N) is 4. The van der Waals surface area contributed by atoms with Crippen LogP contribution in [0.1, 0.15) is 28.7 Å². The molecule has 1 unspecified atom stereocenters. The molecule has 1 amide bonds. The zero-order chi connectivity index (χ0) is 14.5. The zero-order valence-electron chi connectivity index (χ0n) is 12.3. The molecule has 0 N–H and O–H groups in total. The first kappa shape index (κ1) is 15.3. The lowest BCUT2D eigenvalue weighted by Crippen LogP contribution is -2.52. The number of amides is 1. The minimum atomic E-state index is 0.0543. The van der Waals surface area contributed by atoms with Crippen LogP contribution in [0.15, 0.2) is 0 Å². The first-order valence-corrected chi connectivity index (χ1v) is 7.75. The molecular formula is C13H22N4O2S. The first-order valence-electron chi connectivity index (χ1n) is 6.98. The predicted molar refractivity (Wildman–Crippen MR) is 78.1 cm³/mol. The van der Waals surface area contributed by atoms with Gasteiger partial charge in [-0.25, -0.2) is 0 Å². The number of morpholine rings is 1. The monoisotopic (exact) mass is 298 g/mol. The van der Waals surface area contributed by atoms with Gasteiger partial charge in [-0.1, -0.05) is 17.8 Å². The number of aromatic nitrogens is 2. The minimum absolute atomic E-state index is 0.0543. The van der Waals surface area contributed by atoms with Crippen molar-refractivity contribution in [2.24, 2.45) is 0 Å². The number of hydrogen-bond donors (Lipinski definition) is 0. The molecule has 1 atom stereocenters. The fourth-order valence-corrected chi connectivity index (χ4v) is 3.06. The van der Waals surface area contributed by atoms with Gasteiger partial charge in [-0.2, -0.15) is 0 Å². The Morgan fingerprint density at radius 1 is 1.55 bits per heavy atom. The normalized spacial score (nSPS) is 19.6. The van der Waals surface area contributed by atoms with Gasteiger partial charge in [0.15, 0.2) is 0 Å².